The van der Waals surface area contributed by atoms with Crippen LogP contribution in [0.25, 0.3) is 0 Å². The van der Waals surface area contributed by atoms with Crippen LogP contribution in [0.2, 0.25) is 0 Å². The van der Waals surface area contributed by atoms with Gasteiger partial charge in [-0.3, -0.25) is 4.57 Å². The van der Waals surface area contributed by atoms with E-state index in [1.165, 1.54) is 16.7 Å². The molecule has 0 saturated heterocycles. The van der Waals surface area contributed by atoms with Crippen LogP contribution in [0.4, 0.5) is 0 Å². The third-order valence-corrected chi connectivity index (χ3v) is 6.29. The Hall–Kier alpha value is -3.56. The summed E-state index contributed by atoms with van der Waals surface area (Å²) in [6.07, 6.45) is 0. The standard InChI is InChI=1S/C26H24N4OS/c1-19-11-12-24(13-20(19)2)31-17-25-28-29-26(30(25)16-21-7-4-3-5-8-21)32-18-23-10-6-9-22(14-23)15-27/h3-14H,16-18H2,1-2H3. The van der Waals surface area contributed by atoms with Gasteiger partial charge in [-0.1, -0.05) is 60.3 Å². The smallest absolute Gasteiger partial charge is 0.191 e. The van der Waals surface area contributed by atoms with Gasteiger partial charge in [0.1, 0.15) is 12.4 Å². The molecule has 0 fully saturated rings. The van der Waals surface area contributed by atoms with Crippen molar-refractivity contribution in [3.05, 3.63) is 106 Å². The molecule has 0 unspecified atom stereocenters. The molecule has 160 valence electrons. The van der Waals surface area contributed by atoms with E-state index in [1.807, 2.05) is 54.6 Å². The molecule has 4 rings (SSSR count). The number of aromatic nitrogens is 3. The lowest BCUT2D eigenvalue weighted by molar-refractivity contribution is 0.288. The summed E-state index contributed by atoms with van der Waals surface area (Å²) in [5.74, 6) is 2.31. The van der Waals surface area contributed by atoms with Crippen molar-refractivity contribution >= 4 is 11.8 Å². The van der Waals surface area contributed by atoms with Crippen molar-refractivity contribution in [2.24, 2.45) is 0 Å². The quantitative estimate of drug-likeness (QED) is 0.330. The second-order valence-electron chi connectivity index (χ2n) is 7.61. The Morgan fingerprint density at radius 3 is 2.50 bits per heavy atom. The van der Waals surface area contributed by atoms with E-state index in [4.69, 9.17) is 10.00 Å². The van der Waals surface area contributed by atoms with E-state index >= 15 is 0 Å². The van der Waals surface area contributed by atoms with Crippen LogP contribution in [0.15, 0.2) is 78.0 Å². The van der Waals surface area contributed by atoms with Crippen LogP contribution in [0.3, 0.4) is 0 Å². The van der Waals surface area contributed by atoms with Crippen molar-refractivity contribution in [1.29, 1.82) is 5.26 Å². The minimum absolute atomic E-state index is 0.340. The van der Waals surface area contributed by atoms with Gasteiger partial charge in [-0.25, -0.2) is 0 Å². The second-order valence-corrected chi connectivity index (χ2v) is 8.55. The molecule has 5 nitrogen and oxygen atoms in total. The molecule has 0 N–H and O–H groups in total. The molecule has 0 atom stereocenters. The lowest BCUT2D eigenvalue weighted by atomic mass is 10.1. The van der Waals surface area contributed by atoms with Gasteiger partial charge in [0.2, 0.25) is 0 Å². The Balaban J connectivity index is 1.54. The predicted molar refractivity (Wildman–Crippen MR) is 127 cm³/mol. The van der Waals surface area contributed by atoms with Gasteiger partial charge in [0.05, 0.1) is 18.2 Å². The highest BCUT2D eigenvalue weighted by Crippen LogP contribution is 2.24. The Kier molecular flexibility index (Phi) is 6.88. The number of nitrogens with zero attached hydrogens (tertiary/aromatic N) is 4. The number of thioether (sulfide) groups is 1. The fourth-order valence-corrected chi connectivity index (χ4v) is 4.19. The summed E-state index contributed by atoms with van der Waals surface area (Å²) in [6, 6.07) is 26.2. The first-order valence-corrected chi connectivity index (χ1v) is 11.4. The number of benzene rings is 3. The molecule has 4 aromatic rings. The normalized spacial score (nSPS) is 10.7. The molecule has 0 aliphatic rings. The topological polar surface area (TPSA) is 63.7 Å². The summed E-state index contributed by atoms with van der Waals surface area (Å²) >= 11 is 1.61. The summed E-state index contributed by atoms with van der Waals surface area (Å²) in [5, 5.41) is 18.8. The van der Waals surface area contributed by atoms with Gasteiger partial charge in [0, 0.05) is 5.75 Å². The molecular formula is C26H24N4OS. The molecule has 0 radical (unpaired) electrons. The van der Waals surface area contributed by atoms with E-state index in [2.05, 4.69) is 52.9 Å². The Morgan fingerprint density at radius 2 is 1.72 bits per heavy atom. The second kappa shape index (κ2) is 10.2. The van der Waals surface area contributed by atoms with Gasteiger partial charge < -0.3 is 4.74 Å². The van der Waals surface area contributed by atoms with E-state index in [0.717, 1.165) is 22.3 Å². The fraction of sp³-hybridized carbons (Fsp3) is 0.192. The summed E-state index contributed by atoms with van der Waals surface area (Å²) < 4.78 is 8.15. The molecular weight excluding hydrogens is 416 g/mol. The van der Waals surface area contributed by atoms with E-state index in [1.54, 1.807) is 11.8 Å². The highest BCUT2D eigenvalue weighted by atomic mass is 32.2. The van der Waals surface area contributed by atoms with Crippen LogP contribution in [0.1, 0.15) is 33.6 Å². The van der Waals surface area contributed by atoms with E-state index in [9.17, 15) is 0 Å². The minimum Gasteiger partial charge on any atom is -0.486 e. The zero-order valence-corrected chi connectivity index (χ0v) is 19.0. The first-order valence-electron chi connectivity index (χ1n) is 10.4. The van der Waals surface area contributed by atoms with Crippen molar-refractivity contribution in [3.63, 3.8) is 0 Å². The monoisotopic (exact) mass is 440 g/mol. The van der Waals surface area contributed by atoms with Gasteiger partial charge in [-0.05, 0) is 60.4 Å². The molecule has 1 heterocycles. The number of rotatable bonds is 8. The summed E-state index contributed by atoms with van der Waals surface area (Å²) in [5.41, 5.74) is 5.36. The molecule has 3 aromatic carbocycles. The molecule has 32 heavy (non-hydrogen) atoms. The minimum atomic E-state index is 0.340. The molecule has 1 aromatic heterocycles. The van der Waals surface area contributed by atoms with Gasteiger partial charge in [-0.15, -0.1) is 10.2 Å². The highest BCUT2D eigenvalue weighted by molar-refractivity contribution is 7.98. The summed E-state index contributed by atoms with van der Waals surface area (Å²) in [7, 11) is 0. The molecule has 6 heteroatoms. The number of hydrogen-bond donors (Lipinski definition) is 0. The third kappa shape index (κ3) is 5.37. The molecule has 0 saturated carbocycles. The van der Waals surface area contributed by atoms with Crippen LogP contribution in [0.5, 0.6) is 5.75 Å². The average molecular weight is 441 g/mol. The predicted octanol–water partition coefficient (Wildman–Crippen LogP) is 5.69. The molecule has 0 spiro atoms. The van der Waals surface area contributed by atoms with Crippen molar-refractivity contribution < 1.29 is 4.74 Å². The van der Waals surface area contributed by atoms with Crippen LogP contribution in [-0.2, 0) is 18.9 Å². The van der Waals surface area contributed by atoms with Gasteiger partial charge >= 0.3 is 0 Å². The first kappa shape index (κ1) is 21.7. The van der Waals surface area contributed by atoms with Crippen LogP contribution in [0, 0.1) is 25.2 Å². The van der Waals surface area contributed by atoms with E-state index in [0.29, 0.717) is 24.5 Å². The Bertz CT molecular complexity index is 1240. The van der Waals surface area contributed by atoms with Crippen molar-refractivity contribution in [2.75, 3.05) is 0 Å². The number of hydrogen-bond acceptors (Lipinski definition) is 5. The maximum Gasteiger partial charge on any atom is 0.191 e. The number of aryl methyl sites for hydroxylation is 2. The third-order valence-electron chi connectivity index (χ3n) is 5.25. The zero-order chi connectivity index (χ0) is 22.3. The van der Waals surface area contributed by atoms with Crippen molar-refractivity contribution in [3.8, 4) is 11.8 Å². The highest BCUT2D eigenvalue weighted by Gasteiger charge is 2.14. The van der Waals surface area contributed by atoms with Crippen molar-refractivity contribution in [1.82, 2.24) is 14.8 Å². The lowest BCUT2D eigenvalue weighted by Gasteiger charge is -2.12. The molecule has 0 amide bonds. The number of ether oxygens (including phenoxy) is 1. The Labute approximate surface area is 192 Å². The fourth-order valence-electron chi connectivity index (χ4n) is 3.29. The Morgan fingerprint density at radius 1 is 0.906 bits per heavy atom. The maximum absolute atomic E-state index is 9.15. The molecule has 0 aliphatic heterocycles. The zero-order valence-electron chi connectivity index (χ0n) is 18.2. The van der Waals surface area contributed by atoms with Crippen molar-refractivity contribution in [2.45, 2.75) is 37.9 Å². The molecule has 0 aliphatic carbocycles. The number of nitriles is 1. The largest absolute Gasteiger partial charge is 0.486 e. The van der Waals surface area contributed by atoms with Gasteiger partial charge in [0.25, 0.3) is 0 Å². The molecule has 0 bridgehead atoms. The van der Waals surface area contributed by atoms with Gasteiger partial charge in [0.15, 0.2) is 11.0 Å². The first-order chi connectivity index (χ1) is 15.6. The van der Waals surface area contributed by atoms with Gasteiger partial charge in [-0.2, -0.15) is 5.26 Å². The summed E-state index contributed by atoms with van der Waals surface area (Å²) in [4.78, 5) is 0. The maximum atomic E-state index is 9.15. The van der Waals surface area contributed by atoms with Crippen LogP contribution in [-0.4, -0.2) is 14.8 Å². The lowest BCUT2D eigenvalue weighted by Crippen LogP contribution is -2.09. The SMILES string of the molecule is Cc1ccc(OCc2nnc(SCc3cccc(C#N)c3)n2Cc2ccccc2)cc1C. The van der Waals surface area contributed by atoms with Crippen LogP contribution < -0.4 is 4.74 Å². The summed E-state index contributed by atoms with van der Waals surface area (Å²) in [6.45, 7) is 5.17. The van der Waals surface area contributed by atoms with E-state index < -0.39 is 0 Å². The average Bonchev–Trinajstić information content (AvgIpc) is 3.20. The van der Waals surface area contributed by atoms with E-state index in [-0.39, 0.29) is 0 Å². The van der Waals surface area contributed by atoms with Crippen LogP contribution >= 0.6 is 11.8 Å².